The summed E-state index contributed by atoms with van der Waals surface area (Å²) in [4.78, 5) is 0. The normalized spacial score (nSPS) is 29.0. The van der Waals surface area contributed by atoms with Crippen LogP contribution in [0.3, 0.4) is 0 Å². The Balaban J connectivity index is 2.27. The molecular weight excluding hydrogens is 265 g/mol. The van der Waals surface area contributed by atoms with E-state index < -0.39 is 0 Å². The lowest BCUT2D eigenvalue weighted by Crippen LogP contribution is -2.36. The minimum Gasteiger partial charge on any atom is -0.321 e. The molecule has 0 bridgehead atoms. The van der Waals surface area contributed by atoms with Gasteiger partial charge in [-0.25, -0.2) is 0 Å². The first-order valence-corrected chi connectivity index (χ1v) is 7.56. The maximum absolute atomic E-state index is 6.62. The van der Waals surface area contributed by atoms with Crippen LogP contribution in [0.15, 0.2) is 18.2 Å². The molecule has 0 amide bonds. The first-order valence-electron chi connectivity index (χ1n) is 6.80. The van der Waals surface area contributed by atoms with Crippen molar-refractivity contribution >= 4 is 23.2 Å². The molecule has 2 unspecified atom stereocenters. The van der Waals surface area contributed by atoms with Crippen molar-refractivity contribution in [2.45, 2.75) is 51.0 Å². The lowest BCUT2D eigenvalue weighted by Gasteiger charge is -2.30. The molecule has 1 aliphatic carbocycles. The Morgan fingerprint density at radius 2 is 2.06 bits per heavy atom. The van der Waals surface area contributed by atoms with Crippen molar-refractivity contribution in [3.05, 3.63) is 33.8 Å². The fourth-order valence-corrected chi connectivity index (χ4v) is 3.49. The predicted molar refractivity (Wildman–Crippen MR) is 79.2 cm³/mol. The second kappa shape index (κ2) is 5.81. The van der Waals surface area contributed by atoms with Gasteiger partial charge in [0.2, 0.25) is 0 Å². The molecule has 2 N–H and O–H groups in total. The fourth-order valence-electron chi connectivity index (χ4n) is 3.00. The monoisotopic (exact) mass is 285 g/mol. The molecule has 1 aromatic carbocycles. The molecule has 100 valence electrons. The van der Waals surface area contributed by atoms with E-state index in [1.807, 2.05) is 18.2 Å². The molecule has 0 spiro atoms. The fraction of sp³-hybridized carbons (Fsp3) is 0.600. The second-order valence-corrected chi connectivity index (χ2v) is 6.25. The Kier molecular flexibility index (Phi) is 4.58. The van der Waals surface area contributed by atoms with Crippen LogP contribution in [0.4, 0.5) is 0 Å². The molecule has 1 aliphatic rings. The number of benzene rings is 1. The Bertz CT molecular complexity index is 419. The van der Waals surface area contributed by atoms with Crippen LogP contribution in [-0.2, 0) is 5.54 Å². The van der Waals surface area contributed by atoms with Gasteiger partial charge in [-0.2, -0.15) is 0 Å². The Morgan fingerprint density at radius 3 is 2.78 bits per heavy atom. The summed E-state index contributed by atoms with van der Waals surface area (Å²) in [6.45, 7) is 2.26. The Morgan fingerprint density at radius 1 is 1.28 bits per heavy atom. The van der Waals surface area contributed by atoms with Crippen LogP contribution < -0.4 is 5.73 Å². The third-order valence-electron chi connectivity index (χ3n) is 4.30. The van der Waals surface area contributed by atoms with E-state index in [0.717, 1.165) is 24.3 Å². The van der Waals surface area contributed by atoms with E-state index in [4.69, 9.17) is 28.9 Å². The number of nitrogens with two attached hydrogens (primary N) is 1. The molecule has 0 radical (unpaired) electrons. The lowest BCUT2D eigenvalue weighted by molar-refractivity contribution is 0.372. The zero-order valence-corrected chi connectivity index (χ0v) is 12.4. The minimum absolute atomic E-state index is 0.300. The second-order valence-electron chi connectivity index (χ2n) is 5.46. The molecule has 1 nitrogen and oxygen atoms in total. The largest absolute Gasteiger partial charge is 0.321 e. The highest BCUT2D eigenvalue weighted by molar-refractivity contribution is 6.42. The van der Waals surface area contributed by atoms with Crippen molar-refractivity contribution in [2.75, 3.05) is 0 Å². The van der Waals surface area contributed by atoms with Crippen LogP contribution in [0.25, 0.3) is 0 Å². The molecule has 1 fully saturated rings. The van der Waals surface area contributed by atoms with Crippen LogP contribution >= 0.6 is 23.2 Å². The summed E-state index contributed by atoms with van der Waals surface area (Å²) in [5, 5.41) is 1.24. The molecule has 1 saturated carbocycles. The molecule has 0 aliphatic heterocycles. The van der Waals surface area contributed by atoms with E-state index in [9.17, 15) is 0 Å². The van der Waals surface area contributed by atoms with Gasteiger partial charge in [0.05, 0.1) is 10.0 Å². The standard InChI is InChI=1S/C15H21Cl2N/c1-2-11-5-4-9-15(18,10-8-11)12-6-3-7-13(16)14(12)17/h3,6-7,11H,2,4-5,8-10,18H2,1H3. The van der Waals surface area contributed by atoms with E-state index in [2.05, 4.69) is 6.92 Å². The van der Waals surface area contributed by atoms with Gasteiger partial charge >= 0.3 is 0 Å². The van der Waals surface area contributed by atoms with Crippen molar-refractivity contribution < 1.29 is 0 Å². The van der Waals surface area contributed by atoms with Gasteiger partial charge in [0.15, 0.2) is 0 Å². The first kappa shape index (κ1) is 14.2. The maximum atomic E-state index is 6.62. The molecule has 2 rings (SSSR count). The third-order valence-corrected chi connectivity index (χ3v) is 5.12. The SMILES string of the molecule is CCC1CCCC(N)(c2cccc(Cl)c2Cl)CC1. The third kappa shape index (κ3) is 2.84. The summed E-state index contributed by atoms with van der Waals surface area (Å²) < 4.78 is 0. The zero-order chi connectivity index (χ0) is 13.2. The summed E-state index contributed by atoms with van der Waals surface area (Å²) in [6, 6.07) is 5.79. The van der Waals surface area contributed by atoms with Crippen molar-refractivity contribution in [2.24, 2.45) is 11.7 Å². The van der Waals surface area contributed by atoms with Gasteiger partial charge in [0.1, 0.15) is 0 Å². The van der Waals surface area contributed by atoms with Gasteiger partial charge in [0, 0.05) is 5.54 Å². The van der Waals surface area contributed by atoms with Crippen LogP contribution in [0.5, 0.6) is 0 Å². The summed E-state index contributed by atoms with van der Waals surface area (Å²) in [5.74, 6) is 0.813. The van der Waals surface area contributed by atoms with E-state index in [-0.39, 0.29) is 5.54 Å². The molecule has 3 heteroatoms. The average Bonchev–Trinajstić information content (AvgIpc) is 2.55. The number of rotatable bonds is 2. The van der Waals surface area contributed by atoms with Gasteiger partial charge in [-0.05, 0) is 36.8 Å². The maximum Gasteiger partial charge on any atom is 0.0642 e. The predicted octanol–water partition coefficient (Wildman–Crippen LogP) is 5.14. The van der Waals surface area contributed by atoms with Crippen molar-refractivity contribution in [3.63, 3.8) is 0 Å². The van der Waals surface area contributed by atoms with Crippen LogP contribution in [0.2, 0.25) is 10.0 Å². The van der Waals surface area contributed by atoms with Crippen molar-refractivity contribution in [1.29, 1.82) is 0 Å². The molecule has 0 saturated heterocycles. The van der Waals surface area contributed by atoms with Crippen LogP contribution in [-0.4, -0.2) is 0 Å². The van der Waals surface area contributed by atoms with Gasteiger partial charge in [0.25, 0.3) is 0 Å². The highest BCUT2D eigenvalue weighted by atomic mass is 35.5. The molecule has 18 heavy (non-hydrogen) atoms. The van der Waals surface area contributed by atoms with Gasteiger partial charge < -0.3 is 5.73 Å². The molecule has 2 atom stereocenters. The summed E-state index contributed by atoms with van der Waals surface area (Å²) in [5.41, 5.74) is 7.35. The number of hydrogen-bond donors (Lipinski definition) is 1. The highest BCUT2D eigenvalue weighted by Crippen LogP contribution is 2.41. The summed E-state index contributed by atoms with van der Waals surface area (Å²) in [6.07, 6.45) is 6.91. The van der Waals surface area contributed by atoms with Crippen molar-refractivity contribution in [3.8, 4) is 0 Å². The topological polar surface area (TPSA) is 26.0 Å². The summed E-state index contributed by atoms with van der Waals surface area (Å²) >= 11 is 12.4. The van der Waals surface area contributed by atoms with Gasteiger partial charge in [-0.1, -0.05) is 61.5 Å². The van der Waals surface area contributed by atoms with E-state index in [1.165, 1.54) is 25.7 Å². The Labute approximate surface area is 120 Å². The highest BCUT2D eigenvalue weighted by Gasteiger charge is 2.32. The molecule has 0 aromatic heterocycles. The summed E-state index contributed by atoms with van der Waals surface area (Å²) in [7, 11) is 0. The van der Waals surface area contributed by atoms with E-state index >= 15 is 0 Å². The first-order chi connectivity index (χ1) is 8.57. The van der Waals surface area contributed by atoms with Crippen LogP contribution in [0, 0.1) is 5.92 Å². The van der Waals surface area contributed by atoms with Gasteiger partial charge in [-0.3, -0.25) is 0 Å². The quantitative estimate of drug-likeness (QED) is 0.749. The molecule has 1 aromatic rings. The number of halogens is 2. The molecular formula is C15H21Cl2N. The average molecular weight is 286 g/mol. The molecule has 0 heterocycles. The lowest BCUT2D eigenvalue weighted by atomic mass is 9.83. The van der Waals surface area contributed by atoms with Crippen molar-refractivity contribution in [1.82, 2.24) is 0 Å². The van der Waals surface area contributed by atoms with Crippen LogP contribution in [0.1, 0.15) is 51.0 Å². The smallest absolute Gasteiger partial charge is 0.0642 e. The number of hydrogen-bond acceptors (Lipinski definition) is 1. The Hall–Kier alpha value is -0.240. The minimum atomic E-state index is -0.300. The van der Waals surface area contributed by atoms with Gasteiger partial charge in [-0.15, -0.1) is 0 Å². The zero-order valence-electron chi connectivity index (χ0n) is 10.9. The van der Waals surface area contributed by atoms with E-state index in [0.29, 0.717) is 10.0 Å². The van der Waals surface area contributed by atoms with E-state index in [1.54, 1.807) is 0 Å².